The third-order valence-electron chi connectivity index (χ3n) is 5.16. The lowest BCUT2D eigenvalue weighted by atomic mass is 10.1. The van der Waals surface area contributed by atoms with Gasteiger partial charge in [0, 0.05) is 29.4 Å². The Hall–Kier alpha value is -2.83. The number of benzene rings is 2. The summed E-state index contributed by atoms with van der Waals surface area (Å²) in [6.07, 6.45) is 3.21. The molecule has 0 spiro atoms. The molecule has 0 bridgehead atoms. The minimum atomic E-state index is -0.608. The van der Waals surface area contributed by atoms with Gasteiger partial charge in [0.25, 0.3) is 17.7 Å². The van der Waals surface area contributed by atoms with Crippen molar-refractivity contribution in [1.82, 2.24) is 4.90 Å². The van der Waals surface area contributed by atoms with Crippen LogP contribution in [0.4, 0.5) is 11.4 Å². The Morgan fingerprint density at radius 3 is 2.10 bits per heavy atom. The second-order valence-corrected chi connectivity index (χ2v) is 7.98. The van der Waals surface area contributed by atoms with Crippen molar-refractivity contribution in [2.45, 2.75) is 19.3 Å². The molecule has 154 valence electrons. The third-order valence-corrected chi connectivity index (χ3v) is 5.76. The Morgan fingerprint density at radius 2 is 1.47 bits per heavy atom. The van der Waals surface area contributed by atoms with E-state index >= 15 is 0 Å². The highest BCUT2D eigenvalue weighted by atomic mass is 35.5. The minimum absolute atomic E-state index is 0.000433. The molecule has 1 fully saturated rings. The van der Waals surface area contributed by atoms with Crippen molar-refractivity contribution in [2.24, 2.45) is 0 Å². The molecule has 0 saturated carbocycles. The van der Waals surface area contributed by atoms with Gasteiger partial charge in [-0.05, 0) is 67.8 Å². The van der Waals surface area contributed by atoms with Crippen LogP contribution in [0.2, 0.25) is 5.02 Å². The van der Waals surface area contributed by atoms with E-state index in [1.165, 1.54) is 0 Å². The fourth-order valence-electron chi connectivity index (χ4n) is 3.56. The molecule has 2 aromatic rings. The minimum Gasteiger partial charge on any atom is -0.350 e. The summed E-state index contributed by atoms with van der Waals surface area (Å²) in [7, 11) is 0. The van der Waals surface area contributed by atoms with Gasteiger partial charge in [0.05, 0.1) is 5.69 Å². The molecule has 0 aromatic heterocycles. The van der Waals surface area contributed by atoms with Crippen LogP contribution in [-0.4, -0.2) is 35.7 Å². The molecule has 1 saturated heterocycles. The van der Waals surface area contributed by atoms with E-state index in [2.05, 4.69) is 5.32 Å². The average Bonchev–Trinajstić information content (AvgIpc) is 2.98. The van der Waals surface area contributed by atoms with Crippen molar-refractivity contribution in [3.05, 3.63) is 69.8 Å². The summed E-state index contributed by atoms with van der Waals surface area (Å²) < 4.78 is 0. The van der Waals surface area contributed by atoms with Crippen LogP contribution in [-0.2, 0) is 9.59 Å². The maximum atomic E-state index is 12.8. The van der Waals surface area contributed by atoms with Crippen molar-refractivity contribution < 1.29 is 14.4 Å². The molecule has 3 amide bonds. The van der Waals surface area contributed by atoms with Crippen LogP contribution in [0, 0.1) is 0 Å². The smallest absolute Gasteiger partial charge is 0.283 e. The molecule has 0 unspecified atom stereocenters. The number of hydrogen-bond donors (Lipinski definition) is 1. The van der Waals surface area contributed by atoms with E-state index < -0.39 is 11.8 Å². The van der Waals surface area contributed by atoms with Crippen LogP contribution in [0.25, 0.3) is 0 Å². The highest BCUT2D eigenvalue weighted by Crippen LogP contribution is 2.30. The Balaban J connectivity index is 1.49. The average molecular weight is 444 g/mol. The van der Waals surface area contributed by atoms with Gasteiger partial charge in [0.2, 0.25) is 0 Å². The molecule has 0 radical (unpaired) electrons. The summed E-state index contributed by atoms with van der Waals surface area (Å²) in [4.78, 5) is 40.8. The van der Waals surface area contributed by atoms with E-state index in [0.29, 0.717) is 22.0 Å². The number of nitrogens with zero attached hydrogens (tertiary/aromatic N) is 2. The van der Waals surface area contributed by atoms with E-state index in [-0.39, 0.29) is 16.6 Å². The molecular weight excluding hydrogens is 425 g/mol. The summed E-state index contributed by atoms with van der Waals surface area (Å²) in [6, 6.07) is 13.1. The molecule has 2 heterocycles. The molecule has 2 aliphatic rings. The fraction of sp³-hybridized carbons (Fsp3) is 0.227. The van der Waals surface area contributed by atoms with Crippen molar-refractivity contribution in [3.8, 4) is 0 Å². The second kappa shape index (κ2) is 8.50. The molecule has 2 aromatic carbocycles. The monoisotopic (exact) mass is 443 g/mol. The molecule has 0 atom stereocenters. The third kappa shape index (κ3) is 3.93. The van der Waals surface area contributed by atoms with Crippen LogP contribution < -0.4 is 10.2 Å². The Labute approximate surface area is 184 Å². The van der Waals surface area contributed by atoms with Crippen LogP contribution in [0.15, 0.2) is 59.3 Å². The van der Waals surface area contributed by atoms with Gasteiger partial charge >= 0.3 is 0 Å². The highest BCUT2D eigenvalue weighted by molar-refractivity contribution is 6.53. The van der Waals surface area contributed by atoms with E-state index in [1.54, 1.807) is 48.5 Å². The SMILES string of the molecule is O=C(c1ccc(NC2=C(Cl)C(=O)N(c3ccc(Cl)cc3)C2=O)cc1)N1CCCCC1. The lowest BCUT2D eigenvalue weighted by Gasteiger charge is -2.26. The van der Waals surface area contributed by atoms with Gasteiger partial charge in [-0.25, -0.2) is 4.90 Å². The molecule has 2 aliphatic heterocycles. The van der Waals surface area contributed by atoms with E-state index in [4.69, 9.17) is 23.2 Å². The molecule has 4 rings (SSSR count). The molecule has 6 nitrogen and oxygen atoms in total. The first-order valence-corrected chi connectivity index (χ1v) is 10.4. The quantitative estimate of drug-likeness (QED) is 0.710. The number of nitrogens with one attached hydrogen (secondary N) is 1. The molecular formula is C22H19Cl2N3O3. The van der Waals surface area contributed by atoms with Crippen molar-refractivity contribution in [2.75, 3.05) is 23.3 Å². The zero-order chi connectivity index (χ0) is 21.3. The standard InChI is InChI=1S/C22H19Cl2N3O3/c23-15-6-10-17(11-7-15)27-21(29)18(24)19(22(27)30)25-16-8-4-14(5-9-16)20(28)26-12-2-1-3-13-26/h4-11,25H,1-3,12-13H2. The van der Waals surface area contributed by atoms with Gasteiger partial charge in [-0.3, -0.25) is 14.4 Å². The molecule has 1 N–H and O–H groups in total. The second-order valence-electron chi connectivity index (χ2n) is 7.17. The van der Waals surface area contributed by atoms with Crippen LogP contribution in [0.5, 0.6) is 0 Å². The zero-order valence-electron chi connectivity index (χ0n) is 16.0. The number of hydrogen-bond acceptors (Lipinski definition) is 4. The van der Waals surface area contributed by atoms with Crippen LogP contribution in [0.1, 0.15) is 29.6 Å². The number of piperidine rings is 1. The number of likely N-dealkylation sites (tertiary alicyclic amines) is 1. The van der Waals surface area contributed by atoms with Gasteiger partial charge in [-0.2, -0.15) is 0 Å². The highest BCUT2D eigenvalue weighted by Gasteiger charge is 2.38. The summed E-state index contributed by atoms with van der Waals surface area (Å²) in [5.41, 5.74) is 1.51. The van der Waals surface area contributed by atoms with Crippen LogP contribution >= 0.6 is 23.2 Å². The maximum Gasteiger partial charge on any atom is 0.283 e. The van der Waals surface area contributed by atoms with Gasteiger partial charge < -0.3 is 10.2 Å². The Bertz CT molecular complexity index is 1030. The normalized spacial score (nSPS) is 17.0. The lowest BCUT2D eigenvalue weighted by molar-refractivity contribution is -0.120. The van der Waals surface area contributed by atoms with Crippen molar-refractivity contribution in [1.29, 1.82) is 0 Å². The van der Waals surface area contributed by atoms with Gasteiger partial charge in [0.15, 0.2) is 0 Å². The topological polar surface area (TPSA) is 69.7 Å². The number of carbonyl (C=O) groups excluding carboxylic acids is 3. The predicted molar refractivity (Wildman–Crippen MR) is 117 cm³/mol. The number of anilines is 2. The van der Waals surface area contributed by atoms with E-state index in [0.717, 1.165) is 37.3 Å². The number of amides is 3. The zero-order valence-corrected chi connectivity index (χ0v) is 17.5. The van der Waals surface area contributed by atoms with Gasteiger partial charge in [-0.15, -0.1) is 0 Å². The van der Waals surface area contributed by atoms with Crippen LogP contribution in [0.3, 0.4) is 0 Å². The lowest BCUT2D eigenvalue weighted by Crippen LogP contribution is -2.35. The Morgan fingerprint density at radius 1 is 0.833 bits per heavy atom. The Kier molecular flexibility index (Phi) is 5.79. The van der Waals surface area contributed by atoms with E-state index in [1.807, 2.05) is 4.90 Å². The summed E-state index contributed by atoms with van der Waals surface area (Å²) in [6.45, 7) is 1.55. The van der Waals surface area contributed by atoms with Gasteiger partial charge in [-0.1, -0.05) is 23.2 Å². The molecule has 30 heavy (non-hydrogen) atoms. The van der Waals surface area contributed by atoms with Crippen molar-refractivity contribution >= 4 is 52.3 Å². The molecule has 0 aliphatic carbocycles. The number of halogens is 2. The first kappa shape index (κ1) is 20.4. The first-order chi connectivity index (χ1) is 14.5. The molecule has 8 heteroatoms. The predicted octanol–water partition coefficient (Wildman–Crippen LogP) is 4.40. The first-order valence-electron chi connectivity index (χ1n) is 9.66. The number of imide groups is 1. The maximum absolute atomic E-state index is 12.8. The fourth-order valence-corrected chi connectivity index (χ4v) is 3.89. The van der Waals surface area contributed by atoms with E-state index in [9.17, 15) is 14.4 Å². The number of rotatable bonds is 4. The number of carbonyl (C=O) groups is 3. The van der Waals surface area contributed by atoms with Gasteiger partial charge in [0.1, 0.15) is 10.7 Å². The summed E-state index contributed by atoms with van der Waals surface area (Å²) >= 11 is 12.0. The summed E-state index contributed by atoms with van der Waals surface area (Å²) in [5.74, 6) is -1.16. The largest absolute Gasteiger partial charge is 0.350 e. The summed E-state index contributed by atoms with van der Waals surface area (Å²) in [5, 5.41) is 3.22. The van der Waals surface area contributed by atoms with Crippen molar-refractivity contribution in [3.63, 3.8) is 0 Å².